The number of rotatable bonds is 3. The van der Waals surface area contributed by atoms with Crippen LogP contribution in [0.25, 0.3) is 0 Å². The van der Waals surface area contributed by atoms with Gasteiger partial charge in [-0.1, -0.05) is 29.8 Å². The lowest BCUT2D eigenvalue weighted by molar-refractivity contribution is 0.0696. The molecule has 0 bridgehead atoms. The van der Waals surface area contributed by atoms with Gasteiger partial charge < -0.3 is 10.1 Å². The van der Waals surface area contributed by atoms with Crippen LogP contribution in [-0.2, 0) is 6.42 Å². The van der Waals surface area contributed by atoms with Crippen LogP contribution >= 0.6 is 11.6 Å². The van der Waals surface area contributed by atoms with E-state index in [9.17, 15) is 4.79 Å². The van der Waals surface area contributed by atoms with Gasteiger partial charge in [-0.2, -0.15) is 0 Å². The maximum atomic E-state index is 10.9. The molecule has 1 aromatic heterocycles. The molecule has 0 aliphatic carbocycles. The van der Waals surface area contributed by atoms with Crippen LogP contribution < -0.4 is 0 Å². The number of carboxylic acids is 1. The van der Waals surface area contributed by atoms with E-state index >= 15 is 0 Å². The average molecular weight is 236 g/mol. The van der Waals surface area contributed by atoms with Gasteiger partial charge in [-0.3, -0.25) is 0 Å². The smallest absolute Gasteiger partial charge is 0.337 e. The number of benzene rings is 1. The molecule has 0 aliphatic heterocycles. The Morgan fingerprint density at radius 2 is 2.06 bits per heavy atom. The normalized spacial score (nSPS) is 10.3. The Balaban J connectivity index is 2.31. The molecule has 0 unspecified atom stereocenters. The van der Waals surface area contributed by atoms with Crippen molar-refractivity contribution in [2.24, 2.45) is 0 Å². The highest BCUT2D eigenvalue weighted by molar-refractivity contribution is 6.31. The van der Waals surface area contributed by atoms with E-state index in [4.69, 9.17) is 16.7 Å². The quantitative estimate of drug-likeness (QED) is 0.859. The molecule has 2 aromatic rings. The van der Waals surface area contributed by atoms with Crippen molar-refractivity contribution >= 4 is 17.6 Å². The zero-order valence-electron chi connectivity index (χ0n) is 8.40. The standard InChI is InChI=1S/C12H10ClNO2/c13-10-4-2-1-3-8(10)7-11-9(12(15)16)5-6-14-11/h1-6,14H,7H2,(H,15,16). The number of carbonyl (C=O) groups is 1. The molecule has 0 saturated heterocycles. The highest BCUT2D eigenvalue weighted by Crippen LogP contribution is 2.20. The van der Waals surface area contributed by atoms with Gasteiger partial charge in [-0.15, -0.1) is 0 Å². The first-order valence-electron chi connectivity index (χ1n) is 4.81. The van der Waals surface area contributed by atoms with Crippen LogP contribution in [0.2, 0.25) is 5.02 Å². The Morgan fingerprint density at radius 3 is 2.75 bits per heavy atom. The summed E-state index contributed by atoms with van der Waals surface area (Å²) in [5.41, 5.74) is 1.87. The van der Waals surface area contributed by atoms with E-state index in [0.717, 1.165) is 5.56 Å². The molecule has 1 heterocycles. The molecule has 2 rings (SSSR count). The third kappa shape index (κ3) is 2.09. The van der Waals surface area contributed by atoms with Gasteiger partial charge in [-0.05, 0) is 17.7 Å². The van der Waals surface area contributed by atoms with Gasteiger partial charge in [0.05, 0.1) is 5.56 Å². The molecular formula is C12H10ClNO2. The van der Waals surface area contributed by atoms with Crippen LogP contribution in [0.4, 0.5) is 0 Å². The van der Waals surface area contributed by atoms with Crippen molar-refractivity contribution in [3.05, 3.63) is 58.4 Å². The lowest BCUT2D eigenvalue weighted by atomic mass is 10.1. The number of halogens is 1. The molecule has 0 amide bonds. The molecule has 0 saturated carbocycles. The zero-order valence-corrected chi connectivity index (χ0v) is 9.16. The summed E-state index contributed by atoms with van der Waals surface area (Å²) in [6.07, 6.45) is 2.12. The van der Waals surface area contributed by atoms with Crippen LogP contribution in [0.5, 0.6) is 0 Å². The third-order valence-electron chi connectivity index (χ3n) is 2.39. The van der Waals surface area contributed by atoms with E-state index in [0.29, 0.717) is 22.7 Å². The van der Waals surface area contributed by atoms with Gasteiger partial charge in [0.15, 0.2) is 0 Å². The number of aromatic amines is 1. The second-order valence-electron chi connectivity index (χ2n) is 3.44. The van der Waals surface area contributed by atoms with Crippen molar-refractivity contribution in [3.63, 3.8) is 0 Å². The van der Waals surface area contributed by atoms with Crippen molar-refractivity contribution in [3.8, 4) is 0 Å². The number of aromatic nitrogens is 1. The first-order chi connectivity index (χ1) is 7.68. The highest BCUT2D eigenvalue weighted by atomic mass is 35.5. The molecule has 3 nitrogen and oxygen atoms in total. The molecule has 1 aromatic carbocycles. The van der Waals surface area contributed by atoms with E-state index < -0.39 is 5.97 Å². The van der Waals surface area contributed by atoms with E-state index in [2.05, 4.69) is 4.98 Å². The van der Waals surface area contributed by atoms with Crippen LogP contribution in [0.3, 0.4) is 0 Å². The van der Waals surface area contributed by atoms with Gasteiger partial charge >= 0.3 is 5.97 Å². The van der Waals surface area contributed by atoms with Crippen molar-refractivity contribution < 1.29 is 9.90 Å². The molecule has 82 valence electrons. The second kappa shape index (κ2) is 4.41. The first kappa shape index (κ1) is 10.8. The minimum absolute atomic E-state index is 0.292. The fraction of sp³-hybridized carbons (Fsp3) is 0.0833. The predicted octanol–water partition coefficient (Wildman–Crippen LogP) is 2.96. The molecule has 0 radical (unpaired) electrons. The Kier molecular flexibility index (Phi) is 2.97. The van der Waals surface area contributed by atoms with Gasteiger partial charge in [0.25, 0.3) is 0 Å². The number of hydrogen-bond acceptors (Lipinski definition) is 1. The summed E-state index contributed by atoms with van der Waals surface area (Å²) in [5, 5.41) is 9.60. The summed E-state index contributed by atoms with van der Waals surface area (Å²) in [5.74, 6) is -0.927. The average Bonchev–Trinajstić information content (AvgIpc) is 2.69. The lowest BCUT2D eigenvalue weighted by Gasteiger charge is -2.03. The summed E-state index contributed by atoms with van der Waals surface area (Å²) in [7, 11) is 0. The summed E-state index contributed by atoms with van der Waals surface area (Å²) < 4.78 is 0. The maximum absolute atomic E-state index is 10.9. The zero-order chi connectivity index (χ0) is 11.5. The summed E-state index contributed by atoms with van der Waals surface area (Å²) in [6.45, 7) is 0. The van der Waals surface area contributed by atoms with Gasteiger partial charge in [0, 0.05) is 23.3 Å². The number of nitrogens with one attached hydrogen (secondary N) is 1. The SMILES string of the molecule is O=C(O)c1cc[nH]c1Cc1ccccc1Cl. The highest BCUT2D eigenvalue weighted by Gasteiger charge is 2.12. The molecule has 0 aliphatic rings. The Bertz CT molecular complexity index is 519. The monoisotopic (exact) mass is 235 g/mol. The number of H-pyrrole nitrogens is 1. The van der Waals surface area contributed by atoms with E-state index in [1.165, 1.54) is 0 Å². The molecule has 0 fully saturated rings. The largest absolute Gasteiger partial charge is 0.478 e. The number of aromatic carboxylic acids is 1. The van der Waals surface area contributed by atoms with E-state index in [-0.39, 0.29) is 0 Å². The van der Waals surface area contributed by atoms with Crippen molar-refractivity contribution in [2.45, 2.75) is 6.42 Å². The Hall–Kier alpha value is -1.74. The molecule has 0 atom stereocenters. The van der Waals surface area contributed by atoms with Crippen LogP contribution in [0, 0.1) is 0 Å². The van der Waals surface area contributed by atoms with Gasteiger partial charge in [0.2, 0.25) is 0 Å². The predicted molar refractivity (Wildman–Crippen MR) is 62.0 cm³/mol. The van der Waals surface area contributed by atoms with Crippen LogP contribution in [0.15, 0.2) is 36.5 Å². The van der Waals surface area contributed by atoms with Crippen molar-refractivity contribution in [1.29, 1.82) is 0 Å². The minimum Gasteiger partial charge on any atom is -0.478 e. The first-order valence-corrected chi connectivity index (χ1v) is 5.19. The van der Waals surface area contributed by atoms with Crippen LogP contribution in [0.1, 0.15) is 21.6 Å². The topological polar surface area (TPSA) is 53.1 Å². The van der Waals surface area contributed by atoms with E-state index in [1.54, 1.807) is 18.3 Å². The molecular weight excluding hydrogens is 226 g/mol. The molecule has 0 spiro atoms. The minimum atomic E-state index is -0.927. The summed E-state index contributed by atoms with van der Waals surface area (Å²) >= 11 is 6.01. The second-order valence-corrected chi connectivity index (χ2v) is 3.85. The fourth-order valence-electron chi connectivity index (χ4n) is 1.58. The third-order valence-corrected chi connectivity index (χ3v) is 2.76. The van der Waals surface area contributed by atoms with Crippen LogP contribution in [-0.4, -0.2) is 16.1 Å². The van der Waals surface area contributed by atoms with Gasteiger partial charge in [-0.25, -0.2) is 4.79 Å². The maximum Gasteiger partial charge on any atom is 0.337 e. The number of hydrogen-bond donors (Lipinski definition) is 2. The molecule has 16 heavy (non-hydrogen) atoms. The summed E-state index contributed by atoms with van der Waals surface area (Å²) in [6, 6.07) is 8.95. The van der Waals surface area contributed by atoms with Crippen molar-refractivity contribution in [1.82, 2.24) is 4.98 Å². The number of carboxylic acid groups (broad SMARTS) is 1. The lowest BCUT2D eigenvalue weighted by Crippen LogP contribution is -2.01. The summed E-state index contributed by atoms with van der Waals surface area (Å²) in [4.78, 5) is 13.8. The fourth-order valence-corrected chi connectivity index (χ4v) is 1.79. The molecule has 4 heteroatoms. The Morgan fingerprint density at radius 1 is 1.31 bits per heavy atom. The van der Waals surface area contributed by atoms with Gasteiger partial charge in [0.1, 0.15) is 0 Å². The van der Waals surface area contributed by atoms with Crippen molar-refractivity contribution in [2.75, 3.05) is 0 Å². The Labute approximate surface area is 97.7 Å². The van der Waals surface area contributed by atoms with E-state index in [1.807, 2.05) is 18.2 Å². The molecule has 2 N–H and O–H groups in total.